The van der Waals surface area contributed by atoms with Gasteiger partial charge in [0, 0.05) is 33.5 Å². The van der Waals surface area contributed by atoms with Crippen molar-refractivity contribution in [3.8, 4) is 11.5 Å². The van der Waals surface area contributed by atoms with Crippen molar-refractivity contribution in [2.24, 2.45) is 0 Å². The Kier molecular flexibility index (Phi) is 10.5. The average molecular weight is 600 g/mol. The first kappa shape index (κ1) is 30.9. The molecule has 10 heteroatoms. The van der Waals surface area contributed by atoms with Crippen LogP contribution in [0.15, 0.2) is 108 Å². The largest absolute Gasteiger partial charge is 0.497 e. The van der Waals surface area contributed by atoms with E-state index in [1.807, 2.05) is 6.07 Å². The van der Waals surface area contributed by atoms with E-state index in [-0.39, 0.29) is 17.4 Å². The van der Waals surface area contributed by atoms with Crippen LogP contribution in [0.25, 0.3) is 6.08 Å². The van der Waals surface area contributed by atoms with E-state index in [4.69, 9.17) is 9.47 Å². The van der Waals surface area contributed by atoms with Crippen LogP contribution in [0.4, 0.5) is 15.8 Å². The van der Waals surface area contributed by atoms with E-state index in [0.29, 0.717) is 34.0 Å². The van der Waals surface area contributed by atoms with Crippen LogP contribution in [0.2, 0.25) is 0 Å². The second kappa shape index (κ2) is 14.7. The average Bonchev–Trinajstić information content (AvgIpc) is 3.02. The molecule has 1 unspecified atom stereocenters. The predicted octanol–water partition coefficient (Wildman–Crippen LogP) is 6.37. The lowest BCUT2D eigenvalue weighted by atomic mass is 10.1. The molecule has 0 fully saturated rings. The first-order chi connectivity index (χ1) is 20.7. The van der Waals surface area contributed by atoms with Crippen LogP contribution in [-0.2, 0) is 9.59 Å². The molecular weight excluding hydrogens is 569 g/mol. The third-order valence-corrected chi connectivity index (χ3v) is 7.25. The van der Waals surface area contributed by atoms with Gasteiger partial charge in [-0.1, -0.05) is 24.3 Å². The summed E-state index contributed by atoms with van der Waals surface area (Å²) in [4.78, 5) is 39.9. The molecule has 220 valence electrons. The van der Waals surface area contributed by atoms with Crippen molar-refractivity contribution in [3.63, 3.8) is 0 Å². The van der Waals surface area contributed by atoms with Gasteiger partial charge >= 0.3 is 0 Å². The number of thioether (sulfide) groups is 1. The fourth-order valence-corrected chi connectivity index (χ4v) is 4.84. The van der Waals surface area contributed by atoms with Gasteiger partial charge in [-0.3, -0.25) is 14.4 Å². The zero-order chi connectivity index (χ0) is 30.8. The number of hydrogen-bond acceptors (Lipinski definition) is 6. The Labute approximate surface area is 253 Å². The Hall–Kier alpha value is -5.09. The summed E-state index contributed by atoms with van der Waals surface area (Å²) in [5.74, 6) is -0.646. The Morgan fingerprint density at radius 1 is 0.814 bits per heavy atom. The van der Waals surface area contributed by atoms with E-state index in [2.05, 4.69) is 16.0 Å². The molecule has 0 saturated heterocycles. The molecule has 0 aliphatic carbocycles. The molecule has 0 aliphatic heterocycles. The number of anilines is 2. The molecule has 4 rings (SSSR count). The molecule has 0 saturated carbocycles. The van der Waals surface area contributed by atoms with Gasteiger partial charge in [0.1, 0.15) is 23.0 Å². The second-order valence-corrected chi connectivity index (χ2v) is 10.6. The summed E-state index contributed by atoms with van der Waals surface area (Å²) in [6, 6.07) is 26.2. The van der Waals surface area contributed by atoms with Gasteiger partial charge in [-0.2, -0.15) is 0 Å². The summed E-state index contributed by atoms with van der Waals surface area (Å²) in [5.41, 5.74) is 1.87. The summed E-state index contributed by atoms with van der Waals surface area (Å²) in [7, 11) is 3.03. The Balaban J connectivity index is 1.53. The monoisotopic (exact) mass is 599 g/mol. The molecule has 0 aliphatic rings. The van der Waals surface area contributed by atoms with Crippen LogP contribution in [0, 0.1) is 5.82 Å². The molecule has 1 atom stereocenters. The van der Waals surface area contributed by atoms with Crippen LogP contribution in [-0.4, -0.2) is 37.2 Å². The number of rotatable bonds is 11. The zero-order valence-corrected chi connectivity index (χ0v) is 24.5. The van der Waals surface area contributed by atoms with Crippen molar-refractivity contribution in [2.75, 3.05) is 24.9 Å². The van der Waals surface area contributed by atoms with Crippen molar-refractivity contribution in [1.29, 1.82) is 0 Å². The summed E-state index contributed by atoms with van der Waals surface area (Å²) in [6.07, 6.45) is 1.52. The standard InChI is InChI=1S/C33H30FN3O5S/c1-21(31(38)35-25-15-13-24(34)14-16-25)43-28-11-7-10-26(19-28)36-33(40)29(37-32(39)22-8-5-4-6-9-22)18-23-12-17-27(41-2)20-30(23)42-3/h4-21H,1-3H3,(H,35,38)(H,36,40)(H,37,39)/b29-18+. The van der Waals surface area contributed by atoms with E-state index >= 15 is 0 Å². The SMILES string of the molecule is COc1ccc(/C=C(/NC(=O)c2ccccc2)C(=O)Nc2cccc(SC(C)C(=O)Nc3ccc(F)cc3)c2)c(OC)c1. The number of methoxy groups -OCH3 is 2. The molecule has 0 spiro atoms. The highest BCUT2D eigenvalue weighted by molar-refractivity contribution is 8.00. The zero-order valence-electron chi connectivity index (χ0n) is 23.7. The van der Waals surface area contributed by atoms with Gasteiger partial charge < -0.3 is 25.4 Å². The van der Waals surface area contributed by atoms with E-state index in [1.165, 1.54) is 56.3 Å². The van der Waals surface area contributed by atoms with Crippen molar-refractivity contribution in [2.45, 2.75) is 17.1 Å². The van der Waals surface area contributed by atoms with E-state index < -0.39 is 17.1 Å². The van der Waals surface area contributed by atoms with Gasteiger partial charge in [0.25, 0.3) is 11.8 Å². The Bertz CT molecular complexity index is 1630. The lowest BCUT2D eigenvalue weighted by molar-refractivity contribution is -0.115. The highest BCUT2D eigenvalue weighted by atomic mass is 32.2. The number of carbonyl (C=O) groups is 3. The van der Waals surface area contributed by atoms with Crippen LogP contribution >= 0.6 is 11.8 Å². The molecule has 3 N–H and O–H groups in total. The minimum atomic E-state index is -0.564. The van der Waals surface area contributed by atoms with Crippen molar-refractivity contribution >= 4 is 46.9 Å². The minimum absolute atomic E-state index is 0.0116. The molecule has 4 aromatic carbocycles. The lowest BCUT2D eigenvalue weighted by Gasteiger charge is -2.15. The number of nitrogens with one attached hydrogen (secondary N) is 3. The third-order valence-electron chi connectivity index (χ3n) is 6.16. The fourth-order valence-electron chi connectivity index (χ4n) is 3.92. The summed E-state index contributed by atoms with van der Waals surface area (Å²) in [6.45, 7) is 1.75. The van der Waals surface area contributed by atoms with Crippen LogP contribution in [0.5, 0.6) is 11.5 Å². The normalized spacial score (nSPS) is 11.7. The van der Waals surface area contributed by atoms with Crippen LogP contribution in [0.1, 0.15) is 22.8 Å². The molecule has 0 bridgehead atoms. The molecule has 0 radical (unpaired) electrons. The van der Waals surface area contributed by atoms with Crippen LogP contribution in [0.3, 0.4) is 0 Å². The van der Waals surface area contributed by atoms with Gasteiger partial charge in [-0.05, 0) is 79.7 Å². The van der Waals surface area contributed by atoms with Crippen molar-refractivity contribution < 1.29 is 28.2 Å². The second-order valence-electron chi connectivity index (χ2n) is 9.22. The molecule has 0 aromatic heterocycles. The Morgan fingerprint density at radius 2 is 1.56 bits per heavy atom. The molecule has 8 nitrogen and oxygen atoms in total. The highest BCUT2D eigenvalue weighted by Gasteiger charge is 2.18. The van der Waals surface area contributed by atoms with Crippen LogP contribution < -0.4 is 25.4 Å². The number of benzene rings is 4. The Morgan fingerprint density at radius 3 is 2.26 bits per heavy atom. The maximum Gasteiger partial charge on any atom is 0.272 e. The van der Waals surface area contributed by atoms with Crippen molar-refractivity contribution in [1.82, 2.24) is 5.32 Å². The summed E-state index contributed by atoms with van der Waals surface area (Å²) < 4.78 is 23.9. The summed E-state index contributed by atoms with van der Waals surface area (Å²) >= 11 is 1.29. The van der Waals surface area contributed by atoms with Gasteiger partial charge in [0.2, 0.25) is 5.91 Å². The highest BCUT2D eigenvalue weighted by Crippen LogP contribution is 2.28. The number of hydrogen-bond donors (Lipinski definition) is 3. The number of ether oxygens (including phenoxy) is 2. The van der Waals surface area contributed by atoms with E-state index in [9.17, 15) is 18.8 Å². The molecule has 4 aromatic rings. The van der Waals surface area contributed by atoms with E-state index in [1.54, 1.807) is 73.7 Å². The number of carbonyl (C=O) groups excluding carboxylic acids is 3. The quantitative estimate of drug-likeness (QED) is 0.137. The molecule has 0 heterocycles. The van der Waals surface area contributed by atoms with Gasteiger partial charge in [0.15, 0.2) is 0 Å². The lowest BCUT2D eigenvalue weighted by Crippen LogP contribution is -2.30. The van der Waals surface area contributed by atoms with E-state index in [0.717, 1.165) is 4.90 Å². The predicted molar refractivity (Wildman–Crippen MR) is 167 cm³/mol. The first-order valence-corrected chi connectivity index (χ1v) is 14.1. The molecular formula is C33H30FN3O5S. The van der Waals surface area contributed by atoms with Gasteiger partial charge in [-0.25, -0.2) is 4.39 Å². The minimum Gasteiger partial charge on any atom is -0.497 e. The summed E-state index contributed by atoms with van der Waals surface area (Å²) in [5, 5.41) is 7.82. The maximum absolute atomic E-state index is 13.5. The van der Waals surface area contributed by atoms with Gasteiger partial charge in [-0.15, -0.1) is 11.8 Å². The smallest absolute Gasteiger partial charge is 0.272 e. The first-order valence-electron chi connectivity index (χ1n) is 13.2. The van der Waals surface area contributed by atoms with Crippen molar-refractivity contribution in [3.05, 3.63) is 120 Å². The number of amides is 3. The topological polar surface area (TPSA) is 106 Å². The third kappa shape index (κ3) is 8.70. The van der Waals surface area contributed by atoms with Gasteiger partial charge in [0.05, 0.1) is 19.5 Å². The number of halogens is 1. The fraction of sp³-hybridized carbons (Fsp3) is 0.121. The molecule has 43 heavy (non-hydrogen) atoms. The molecule has 3 amide bonds. The maximum atomic E-state index is 13.5.